The van der Waals surface area contributed by atoms with Crippen LogP contribution in [0.2, 0.25) is 10.0 Å². The second kappa shape index (κ2) is 8.40. The lowest BCUT2D eigenvalue weighted by molar-refractivity contribution is -0.124. The normalized spacial score (nSPS) is 23.6. The predicted molar refractivity (Wildman–Crippen MR) is 125 cm³/mol. The van der Waals surface area contributed by atoms with Gasteiger partial charge >= 0.3 is 6.03 Å². The minimum Gasteiger partial charge on any atom is -0.310 e. The van der Waals surface area contributed by atoms with Gasteiger partial charge in [0.05, 0.1) is 17.3 Å². The van der Waals surface area contributed by atoms with Crippen molar-refractivity contribution in [3.05, 3.63) is 63.6 Å². The van der Waals surface area contributed by atoms with Crippen molar-refractivity contribution >= 4 is 40.8 Å². The van der Waals surface area contributed by atoms with Gasteiger partial charge in [0.2, 0.25) is 0 Å². The molecule has 0 bridgehead atoms. The Morgan fingerprint density at radius 3 is 2.31 bits per heavy atom. The number of nitrogens with zero attached hydrogens (tertiary/aromatic N) is 4. The maximum absolute atomic E-state index is 14.0. The highest BCUT2D eigenvalue weighted by molar-refractivity contribution is 6.35. The molecule has 166 valence electrons. The minimum atomic E-state index is -1.06. The number of likely N-dealkylation sites (tertiary alicyclic amines) is 1. The standard InChI is InChI=1S/C24H24Cl2N4O2/c1-15(2)12-29-13-21(17-6-4-16(11-27)5-7-17)24(14-29)22(31)30(23(32)28(24)3)20-9-18(25)8-19(26)10-20/h4-10,15,21H,12-14H2,1-3H3. The number of nitriles is 1. The van der Waals surface area contributed by atoms with Gasteiger partial charge < -0.3 is 4.90 Å². The number of imide groups is 1. The molecule has 4 rings (SSSR count). The average molecular weight is 471 g/mol. The molecule has 2 aliphatic heterocycles. The van der Waals surface area contributed by atoms with Crippen LogP contribution in [0.1, 0.15) is 30.9 Å². The van der Waals surface area contributed by atoms with E-state index in [9.17, 15) is 14.9 Å². The van der Waals surface area contributed by atoms with Crippen LogP contribution in [0.5, 0.6) is 0 Å². The Labute approximate surface area is 197 Å². The first-order valence-corrected chi connectivity index (χ1v) is 11.2. The van der Waals surface area contributed by atoms with E-state index in [0.29, 0.717) is 40.3 Å². The Bertz CT molecular complexity index is 1090. The quantitative estimate of drug-likeness (QED) is 0.604. The van der Waals surface area contributed by atoms with Crippen LogP contribution in [0.3, 0.4) is 0 Å². The van der Waals surface area contributed by atoms with Crippen LogP contribution in [-0.4, -0.2) is 54.0 Å². The monoisotopic (exact) mass is 470 g/mol. The third-order valence-corrected chi connectivity index (χ3v) is 6.74. The summed E-state index contributed by atoms with van der Waals surface area (Å²) < 4.78 is 0. The first-order valence-electron chi connectivity index (χ1n) is 10.5. The summed E-state index contributed by atoms with van der Waals surface area (Å²) in [6.07, 6.45) is 0. The molecule has 3 amide bonds. The smallest absolute Gasteiger partial charge is 0.310 e. The van der Waals surface area contributed by atoms with Crippen LogP contribution in [0.4, 0.5) is 10.5 Å². The highest BCUT2D eigenvalue weighted by Gasteiger charge is 2.64. The molecule has 2 atom stereocenters. The Kier molecular flexibility index (Phi) is 5.93. The van der Waals surface area contributed by atoms with Crippen LogP contribution >= 0.6 is 23.2 Å². The molecule has 2 aromatic carbocycles. The zero-order valence-electron chi connectivity index (χ0n) is 18.2. The van der Waals surface area contributed by atoms with Crippen LogP contribution < -0.4 is 4.90 Å². The van der Waals surface area contributed by atoms with E-state index in [-0.39, 0.29) is 11.8 Å². The number of urea groups is 1. The van der Waals surface area contributed by atoms with Gasteiger partial charge in [-0.05, 0) is 41.8 Å². The number of hydrogen-bond acceptors (Lipinski definition) is 4. The molecule has 0 saturated carbocycles. The number of carbonyl (C=O) groups is 2. The number of carbonyl (C=O) groups excluding carboxylic acids is 2. The van der Waals surface area contributed by atoms with Crippen molar-refractivity contribution in [1.29, 1.82) is 5.26 Å². The molecule has 0 aliphatic carbocycles. The number of halogens is 2. The zero-order valence-corrected chi connectivity index (χ0v) is 19.7. The Hall–Kier alpha value is -2.59. The number of benzene rings is 2. The number of rotatable bonds is 4. The van der Waals surface area contributed by atoms with E-state index in [4.69, 9.17) is 23.2 Å². The largest absolute Gasteiger partial charge is 0.332 e. The molecule has 2 heterocycles. The Morgan fingerprint density at radius 1 is 1.12 bits per heavy atom. The van der Waals surface area contributed by atoms with Gasteiger partial charge in [-0.25, -0.2) is 9.69 Å². The molecule has 0 radical (unpaired) electrons. The molecular formula is C24H24Cl2N4O2. The van der Waals surface area contributed by atoms with Gasteiger partial charge in [0.15, 0.2) is 0 Å². The second-order valence-electron chi connectivity index (χ2n) is 8.91. The molecule has 2 aromatic rings. The van der Waals surface area contributed by atoms with Crippen LogP contribution in [0.25, 0.3) is 0 Å². The molecule has 2 aliphatic rings. The van der Waals surface area contributed by atoms with Gasteiger partial charge in [-0.1, -0.05) is 49.2 Å². The maximum Gasteiger partial charge on any atom is 0.332 e. The summed E-state index contributed by atoms with van der Waals surface area (Å²) in [5.74, 6) is -0.119. The third-order valence-electron chi connectivity index (χ3n) is 6.30. The average Bonchev–Trinajstić information content (AvgIpc) is 3.19. The number of hydrogen-bond donors (Lipinski definition) is 0. The van der Waals surface area contributed by atoms with Gasteiger partial charge in [0, 0.05) is 42.6 Å². The van der Waals surface area contributed by atoms with Crippen LogP contribution in [0.15, 0.2) is 42.5 Å². The molecule has 0 N–H and O–H groups in total. The fourth-order valence-electron chi connectivity index (χ4n) is 4.95. The van der Waals surface area contributed by atoms with Gasteiger partial charge in [-0.15, -0.1) is 0 Å². The summed E-state index contributed by atoms with van der Waals surface area (Å²) in [4.78, 5) is 32.4. The summed E-state index contributed by atoms with van der Waals surface area (Å²) in [5, 5.41) is 9.88. The van der Waals surface area contributed by atoms with Gasteiger partial charge in [-0.3, -0.25) is 9.69 Å². The first kappa shape index (κ1) is 22.6. The van der Waals surface area contributed by atoms with Crippen molar-refractivity contribution < 1.29 is 9.59 Å². The summed E-state index contributed by atoms with van der Waals surface area (Å²) in [6.45, 7) is 6.15. The molecule has 2 fully saturated rings. The molecule has 1 spiro atoms. The predicted octanol–water partition coefficient (Wildman–Crippen LogP) is 4.76. The fourth-order valence-corrected chi connectivity index (χ4v) is 5.46. The van der Waals surface area contributed by atoms with Crippen molar-refractivity contribution in [1.82, 2.24) is 9.80 Å². The number of amides is 3. The summed E-state index contributed by atoms with van der Waals surface area (Å²) >= 11 is 12.3. The van der Waals surface area contributed by atoms with Crippen molar-refractivity contribution in [2.75, 3.05) is 31.6 Å². The zero-order chi connectivity index (χ0) is 23.2. The molecule has 2 saturated heterocycles. The van der Waals surface area contributed by atoms with E-state index < -0.39 is 11.6 Å². The lowest BCUT2D eigenvalue weighted by Crippen LogP contribution is -2.53. The van der Waals surface area contributed by atoms with E-state index in [1.165, 1.54) is 4.90 Å². The topological polar surface area (TPSA) is 67.6 Å². The SMILES string of the molecule is CC(C)CN1CC(c2ccc(C#N)cc2)C2(C1)C(=O)N(c1cc(Cl)cc(Cl)c1)C(=O)N2C. The Balaban J connectivity index is 1.81. The minimum absolute atomic E-state index is 0.241. The van der Waals surface area contributed by atoms with E-state index in [1.54, 1.807) is 42.3 Å². The summed E-state index contributed by atoms with van der Waals surface area (Å²) in [5.41, 5.74) is 0.781. The highest BCUT2D eigenvalue weighted by Crippen LogP contribution is 2.46. The lowest BCUT2D eigenvalue weighted by atomic mass is 9.80. The molecular weight excluding hydrogens is 447 g/mol. The van der Waals surface area contributed by atoms with Gasteiger partial charge in [-0.2, -0.15) is 5.26 Å². The molecule has 32 heavy (non-hydrogen) atoms. The van der Waals surface area contributed by atoms with Gasteiger partial charge in [0.1, 0.15) is 5.54 Å². The van der Waals surface area contributed by atoms with Crippen molar-refractivity contribution in [3.63, 3.8) is 0 Å². The molecule has 8 heteroatoms. The van der Waals surface area contributed by atoms with E-state index >= 15 is 0 Å². The van der Waals surface area contributed by atoms with Gasteiger partial charge in [0.25, 0.3) is 5.91 Å². The fraction of sp³-hybridized carbons (Fsp3) is 0.375. The summed E-state index contributed by atoms with van der Waals surface area (Å²) in [7, 11) is 1.68. The van der Waals surface area contributed by atoms with E-state index in [1.807, 2.05) is 12.1 Å². The van der Waals surface area contributed by atoms with Crippen LogP contribution in [0, 0.1) is 17.2 Å². The highest BCUT2D eigenvalue weighted by atomic mass is 35.5. The third kappa shape index (κ3) is 3.65. The van der Waals surface area contributed by atoms with Crippen molar-refractivity contribution in [2.45, 2.75) is 25.3 Å². The van der Waals surface area contributed by atoms with Crippen molar-refractivity contribution in [3.8, 4) is 6.07 Å². The Morgan fingerprint density at radius 2 is 1.75 bits per heavy atom. The maximum atomic E-state index is 14.0. The molecule has 6 nitrogen and oxygen atoms in total. The van der Waals surface area contributed by atoms with Crippen LogP contribution in [-0.2, 0) is 4.79 Å². The molecule has 0 aromatic heterocycles. The van der Waals surface area contributed by atoms with E-state index in [2.05, 4.69) is 24.8 Å². The van der Waals surface area contributed by atoms with Crippen molar-refractivity contribution in [2.24, 2.45) is 5.92 Å². The van der Waals surface area contributed by atoms with E-state index in [0.717, 1.165) is 12.1 Å². The summed E-state index contributed by atoms with van der Waals surface area (Å²) in [6, 6.07) is 13.7. The number of anilines is 1. The number of likely N-dealkylation sites (N-methyl/N-ethyl adjacent to an activating group) is 1. The first-order chi connectivity index (χ1) is 15.2. The molecule has 2 unspecified atom stereocenters. The lowest BCUT2D eigenvalue weighted by Gasteiger charge is -2.34. The second-order valence-corrected chi connectivity index (χ2v) is 9.78.